The lowest BCUT2D eigenvalue weighted by Gasteiger charge is -2.39. The number of ether oxygens (including phenoxy) is 2. The van der Waals surface area contributed by atoms with Crippen molar-refractivity contribution in [3.8, 4) is 16.9 Å². The lowest BCUT2D eigenvalue weighted by Crippen LogP contribution is -2.60. The lowest BCUT2D eigenvalue weighted by atomic mass is 9.99. The summed E-state index contributed by atoms with van der Waals surface area (Å²) in [5.74, 6) is 0.256. The van der Waals surface area contributed by atoms with Crippen molar-refractivity contribution >= 4 is 5.69 Å². The molecule has 5 atom stereocenters. The molecule has 4 N–H and O–H groups in total. The molecule has 9 heteroatoms. The van der Waals surface area contributed by atoms with Gasteiger partial charge in [-0.1, -0.05) is 24.3 Å². The Hall–Kier alpha value is -2.56. The monoisotopic (exact) mass is 391 g/mol. The zero-order valence-electron chi connectivity index (χ0n) is 15.0. The summed E-state index contributed by atoms with van der Waals surface area (Å²) in [6.07, 6.45) is -7.07. The second-order valence-corrected chi connectivity index (χ2v) is 6.63. The number of aliphatic hydroxyl groups is 4. The number of nitro benzene ring substituents is 1. The zero-order valence-corrected chi connectivity index (χ0v) is 15.0. The van der Waals surface area contributed by atoms with Gasteiger partial charge in [0, 0.05) is 17.7 Å². The van der Waals surface area contributed by atoms with E-state index >= 15 is 0 Å². The van der Waals surface area contributed by atoms with Crippen LogP contribution in [0.25, 0.3) is 11.1 Å². The molecule has 1 fully saturated rings. The normalized spacial score (nSPS) is 27.4. The van der Waals surface area contributed by atoms with E-state index in [1.165, 1.54) is 12.1 Å². The number of hydrogen-bond donors (Lipinski definition) is 4. The fraction of sp³-hybridized carbons (Fsp3) is 0.368. The molecule has 2 aromatic carbocycles. The topological polar surface area (TPSA) is 143 Å². The van der Waals surface area contributed by atoms with Crippen molar-refractivity contribution in [3.63, 3.8) is 0 Å². The van der Waals surface area contributed by atoms with E-state index in [1.807, 2.05) is 0 Å². The molecule has 5 unspecified atom stereocenters. The molecule has 1 aliphatic heterocycles. The fourth-order valence-corrected chi connectivity index (χ4v) is 3.12. The van der Waals surface area contributed by atoms with Gasteiger partial charge in [0.05, 0.1) is 11.5 Å². The highest BCUT2D eigenvalue weighted by Crippen LogP contribution is 2.35. The number of rotatable bonds is 5. The Morgan fingerprint density at radius 1 is 1.11 bits per heavy atom. The van der Waals surface area contributed by atoms with Crippen LogP contribution in [-0.2, 0) is 4.74 Å². The molecular formula is C19H21NO8. The Balaban J connectivity index is 1.94. The Morgan fingerprint density at radius 3 is 2.50 bits per heavy atom. The predicted molar refractivity (Wildman–Crippen MR) is 97.7 cm³/mol. The van der Waals surface area contributed by atoms with Gasteiger partial charge in [0.15, 0.2) is 0 Å². The number of nitro groups is 1. The standard InChI is InChI=1S/C19H21NO8/c1-10-6-11(8-12(7-10)20(25)26)13-4-2-3-5-14(13)27-19-18(24)17(23)16(22)15(9-21)28-19/h2-8,15-19,21-24H,9H2,1H3. The minimum atomic E-state index is -1.57. The van der Waals surface area contributed by atoms with Crippen molar-refractivity contribution in [2.75, 3.05) is 6.61 Å². The molecule has 0 radical (unpaired) electrons. The van der Waals surface area contributed by atoms with Crippen LogP contribution < -0.4 is 4.74 Å². The number of benzene rings is 2. The van der Waals surface area contributed by atoms with Crippen LogP contribution in [0.2, 0.25) is 0 Å². The summed E-state index contributed by atoms with van der Waals surface area (Å²) >= 11 is 0. The van der Waals surface area contributed by atoms with Gasteiger partial charge in [-0.15, -0.1) is 0 Å². The van der Waals surface area contributed by atoms with Crippen LogP contribution in [0, 0.1) is 17.0 Å². The molecule has 1 saturated heterocycles. The highest BCUT2D eigenvalue weighted by Gasteiger charge is 2.44. The summed E-state index contributed by atoms with van der Waals surface area (Å²) in [6, 6.07) is 11.3. The van der Waals surface area contributed by atoms with Crippen LogP contribution in [0.1, 0.15) is 5.56 Å². The predicted octanol–water partition coefficient (Wildman–Crippen LogP) is 0.749. The average Bonchev–Trinajstić information content (AvgIpc) is 2.68. The Labute approximate surface area is 160 Å². The molecular weight excluding hydrogens is 370 g/mol. The highest BCUT2D eigenvalue weighted by molar-refractivity contribution is 5.73. The Morgan fingerprint density at radius 2 is 1.82 bits per heavy atom. The number of aliphatic hydroxyl groups excluding tert-OH is 4. The van der Waals surface area contributed by atoms with Gasteiger partial charge in [0.25, 0.3) is 5.69 Å². The van der Waals surface area contributed by atoms with Crippen molar-refractivity contribution in [2.45, 2.75) is 37.6 Å². The van der Waals surface area contributed by atoms with Gasteiger partial charge in [0.1, 0.15) is 30.2 Å². The lowest BCUT2D eigenvalue weighted by molar-refractivity contribution is -0.384. The van der Waals surface area contributed by atoms with E-state index < -0.39 is 42.2 Å². The van der Waals surface area contributed by atoms with Gasteiger partial charge >= 0.3 is 0 Å². The molecule has 1 aliphatic rings. The minimum Gasteiger partial charge on any atom is -0.461 e. The van der Waals surface area contributed by atoms with Crippen LogP contribution in [0.3, 0.4) is 0 Å². The average molecular weight is 391 g/mol. The smallest absolute Gasteiger partial charge is 0.270 e. The van der Waals surface area contributed by atoms with Gasteiger partial charge < -0.3 is 29.9 Å². The molecule has 0 saturated carbocycles. The Kier molecular flexibility index (Phi) is 5.92. The van der Waals surface area contributed by atoms with Gasteiger partial charge in [-0.3, -0.25) is 10.1 Å². The summed E-state index contributed by atoms with van der Waals surface area (Å²) in [7, 11) is 0. The van der Waals surface area contributed by atoms with Crippen molar-refractivity contribution in [2.24, 2.45) is 0 Å². The summed E-state index contributed by atoms with van der Waals surface area (Å²) in [4.78, 5) is 10.7. The molecule has 2 aromatic rings. The zero-order chi connectivity index (χ0) is 20.4. The number of non-ortho nitro benzene ring substituents is 1. The van der Waals surface area contributed by atoms with Crippen LogP contribution >= 0.6 is 0 Å². The highest BCUT2D eigenvalue weighted by atomic mass is 16.7. The summed E-state index contributed by atoms with van der Waals surface area (Å²) in [6.45, 7) is 1.16. The van der Waals surface area contributed by atoms with Crippen molar-refractivity contribution < 1.29 is 34.8 Å². The molecule has 0 bridgehead atoms. The maximum atomic E-state index is 11.2. The van der Waals surface area contributed by atoms with Crippen LogP contribution in [0.5, 0.6) is 5.75 Å². The van der Waals surface area contributed by atoms with E-state index in [0.717, 1.165) is 0 Å². The van der Waals surface area contributed by atoms with Crippen molar-refractivity contribution in [3.05, 3.63) is 58.1 Å². The van der Waals surface area contributed by atoms with Gasteiger partial charge in [-0.05, 0) is 24.1 Å². The maximum absolute atomic E-state index is 11.2. The quantitative estimate of drug-likeness (QED) is 0.432. The van der Waals surface area contributed by atoms with E-state index in [9.17, 15) is 30.5 Å². The summed E-state index contributed by atoms with van der Waals surface area (Å²) < 4.78 is 11.1. The van der Waals surface area contributed by atoms with Crippen LogP contribution in [0.4, 0.5) is 5.69 Å². The van der Waals surface area contributed by atoms with Gasteiger partial charge in [-0.2, -0.15) is 0 Å². The third kappa shape index (κ3) is 3.98. The first kappa shape index (κ1) is 20.2. The number of nitrogens with zero attached hydrogens (tertiary/aromatic N) is 1. The second kappa shape index (κ2) is 8.21. The third-order valence-corrected chi connectivity index (χ3v) is 4.56. The first-order valence-corrected chi connectivity index (χ1v) is 8.64. The molecule has 3 rings (SSSR count). The Bertz CT molecular complexity index is 856. The molecule has 1 heterocycles. The van der Waals surface area contributed by atoms with Crippen LogP contribution in [0.15, 0.2) is 42.5 Å². The number of para-hydroxylation sites is 1. The number of hydrogen-bond acceptors (Lipinski definition) is 8. The van der Waals surface area contributed by atoms with Gasteiger partial charge in [-0.25, -0.2) is 0 Å². The first-order chi connectivity index (χ1) is 13.3. The van der Waals surface area contributed by atoms with E-state index in [4.69, 9.17) is 9.47 Å². The molecule has 0 aliphatic carbocycles. The molecule has 0 aromatic heterocycles. The largest absolute Gasteiger partial charge is 0.461 e. The summed E-state index contributed by atoms with van der Waals surface area (Å²) in [5, 5.41) is 50.4. The molecule has 0 spiro atoms. The van der Waals surface area contributed by atoms with Crippen molar-refractivity contribution in [1.82, 2.24) is 0 Å². The molecule has 0 amide bonds. The maximum Gasteiger partial charge on any atom is 0.270 e. The second-order valence-electron chi connectivity index (χ2n) is 6.63. The minimum absolute atomic E-state index is 0.0716. The number of aryl methyl sites for hydroxylation is 1. The van der Waals surface area contributed by atoms with Crippen LogP contribution in [-0.4, -0.2) is 62.7 Å². The van der Waals surface area contributed by atoms with Crippen molar-refractivity contribution in [1.29, 1.82) is 0 Å². The summed E-state index contributed by atoms with van der Waals surface area (Å²) in [5.41, 5.74) is 1.67. The van der Waals surface area contributed by atoms with E-state index in [0.29, 0.717) is 16.7 Å². The SMILES string of the molecule is Cc1cc(-c2ccccc2OC2OC(CO)C(O)C(O)C2O)cc([N+](=O)[O-])c1. The molecule has 9 nitrogen and oxygen atoms in total. The van der Waals surface area contributed by atoms with E-state index in [2.05, 4.69) is 0 Å². The van der Waals surface area contributed by atoms with Gasteiger partial charge in [0.2, 0.25) is 6.29 Å². The third-order valence-electron chi connectivity index (χ3n) is 4.56. The molecule has 150 valence electrons. The fourth-order valence-electron chi connectivity index (χ4n) is 3.12. The van der Waals surface area contributed by atoms with E-state index in [-0.39, 0.29) is 11.4 Å². The first-order valence-electron chi connectivity index (χ1n) is 8.64. The van der Waals surface area contributed by atoms with E-state index in [1.54, 1.807) is 37.3 Å². The molecule has 28 heavy (non-hydrogen) atoms.